The maximum absolute atomic E-state index is 11.5. The van der Waals surface area contributed by atoms with Gasteiger partial charge in [0.25, 0.3) is 0 Å². The summed E-state index contributed by atoms with van der Waals surface area (Å²) in [5, 5.41) is 14.2. The van der Waals surface area contributed by atoms with Crippen LogP contribution in [0, 0.1) is 11.8 Å². The average Bonchev–Trinajstić information content (AvgIpc) is 3.14. The number of hydrogen-bond acceptors (Lipinski definition) is 3. The van der Waals surface area contributed by atoms with E-state index in [1.54, 1.807) is 0 Å². The summed E-state index contributed by atoms with van der Waals surface area (Å²) in [6.45, 7) is 0.430. The number of carbonyl (C=O) groups excluding carboxylic acids is 2. The molecule has 2 amide bonds. The minimum absolute atomic E-state index is 0.0292. The van der Waals surface area contributed by atoms with Gasteiger partial charge in [-0.05, 0) is 25.7 Å². The molecule has 0 aromatic heterocycles. The minimum atomic E-state index is -0.904. The van der Waals surface area contributed by atoms with Gasteiger partial charge in [0.2, 0.25) is 11.8 Å². The first kappa shape index (κ1) is 12.9. The van der Waals surface area contributed by atoms with E-state index in [1.165, 1.54) is 0 Å². The summed E-state index contributed by atoms with van der Waals surface area (Å²) >= 11 is 0. The van der Waals surface area contributed by atoms with Crippen LogP contribution in [-0.4, -0.2) is 35.5 Å². The monoisotopic (exact) mass is 254 g/mol. The molecule has 0 unspecified atom stereocenters. The summed E-state index contributed by atoms with van der Waals surface area (Å²) in [6.07, 6.45) is 3.57. The van der Waals surface area contributed by atoms with Gasteiger partial charge in [-0.25, -0.2) is 0 Å². The molecule has 2 rings (SSSR count). The van der Waals surface area contributed by atoms with E-state index in [2.05, 4.69) is 10.6 Å². The SMILES string of the molecule is O=C(CCCNC(=O)[C@@H]1C[C@@H]1C(=O)O)NC1CC1. The molecule has 2 saturated carbocycles. The number of carboxylic acids is 1. The van der Waals surface area contributed by atoms with Crippen molar-refractivity contribution in [1.82, 2.24) is 10.6 Å². The zero-order valence-corrected chi connectivity index (χ0v) is 10.1. The number of rotatable bonds is 7. The van der Waals surface area contributed by atoms with Gasteiger partial charge in [0.15, 0.2) is 0 Å². The Bertz CT molecular complexity index is 365. The molecule has 18 heavy (non-hydrogen) atoms. The molecule has 2 atom stereocenters. The number of aliphatic carboxylic acids is 1. The fourth-order valence-corrected chi connectivity index (χ4v) is 1.88. The molecule has 3 N–H and O–H groups in total. The summed E-state index contributed by atoms with van der Waals surface area (Å²) in [5.74, 6) is -1.96. The van der Waals surface area contributed by atoms with Gasteiger partial charge >= 0.3 is 5.97 Å². The molecule has 2 aliphatic rings. The highest BCUT2D eigenvalue weighted by atomic mass is 16.4. The van der Waals surface area contributed by atoms with Crippen molar-refractivity contribution >= 4 is 17.8 Å². The van der Waals surface area contributed by atoms with Crippen LogP contribution in [0.1, 0.15) is 32.1 Å². The summed E-state index contributed by atoms with van der Waals surface area (Å²) in [5.41, 5.74) is 0. The number of hydrogen-bond donors (Lipinski definition) is 3. The molecular weight excluding hydrogens is 236 g/mol. The van der Waals surface area contributed by atoms with Gasteiger partial charge < -0.3 is 15.7 Å². The maximum atomic E-state index is 11.5. The predicted octanol–water partition coefficient (Wildman–Crippen LogP) is -0.118. The quantitative estimate of drug-likeness (QED) is 0.552. The molecule has 0 spiro atoms. The van der Waals surface area contributed by atoms with Crippen molar-refractivity contribution in [2.24, 2.45) is 11.8 Å². The number of carbonyl (C=O) groups is 3. The smallest absolute Gasteiger partial charge is 0.307 e. The highest BCUT2D eigenvalue weighted by Gasteiger charge is 2.48. The van der Waals surface area contributed by atoms with Crippen molar-refractivity contribution in [3.63, 3.8) is 0 Å². The third kappa shape index (κ3) is 3.72. The van der Waals surface area contributed by atoms with Crippen LogP contribution in [0.15, 0.2) is 0 Å². The van der Waals surface area contributed by atoms with E-state index in [9.17, 15) is 14.4 Å². The highest BCUT2D eigenvalue weighted by Crippen LogP contribution is 2.38. The van der Waals surface area contributed by atoms with Gasteiger partial charge in [0.05, 0.1) is 11.8 Å². The first-order chi connectivity index (χ1) is 8.58. The van der Waals surface area contributed by atoms with Crippen LogP contribution in [0.3, 0.4) is 0 Å². The van der Waals surface area contributed by atoms with Crippen LogP contribution in [0.2, 0.25) is 0 Å². The lowest BCUT2D eigenvalue weighted by Crippen LogP contribution is -2.29. The van der Waals surface area contributed by atoms with E-state index in [0.717, 1.165) is 12.8 Å². The molecule has 2 aliphatic carbocycles. The molecule has 100 valence electrons. The van der Waals surface area contributed by atoms with E-state index in [1.807, 2.05) is 0 Å². The summed E-state index contributed by atoms with van der Waals surface area (Å²) in [4.78, 5) is 33.4. The lowest BCUT2D eigenvalue weighted by Gasteiger charge is -2.05. The lowest BCUT2D eigenvalue weighted by atomic mass is 10.2. The second kappa shape index (κ2) is 5.37. The molecule has 6 heteroatoms. The van der Waals surface area contributed by atoms with Crippen molar-refractivity contribution in [2.75, 3.05) is 6.54 Å². The number of carboxylic acid groups (broad SMARTS) is 1. The molecule has 2 fully saturated rings. The molecule has 0 radical (unpaired) electrons. The molecule has 0 aliphatic heterocycles. The Kier molecular flexibility index (Phi) is 3.84. The van der Waals surface area contributed by atoms with E-state index >= 15 is 0 Å². The van der Waals surface area contributed by atoms with E-state index < -0.39 is 11.9 Å². The van der Waals surface area contributed by atoms with Crippen LogP contribution in [0.4, 0.5) is 0 Å². The lowest BCUT2D eigenvalue weighted by molar-refractivity contribution is -0.140. The average molecular weight is 254 g/mol. The summed E-state index contributed by atoms with van der Waals surface area (Å²) in [7, 11) is 0. The fraction of sp³-hybridized carbons (Fsp3) is 0.750. The van der Waals surface area contributed by atoms with Crippen molar-refractivity contribution in [3.8, 4) is 0 Å². The Morgan fingerprint density at radius 1 is 1.17 bits per heavy atom. The maximum Gasteiger partial charge on any atom is 0.307 e. The van der Waals surface area contributed by atoms with Crippen LogP contribution in [0.25, 0.3) is 0 Å². The van der Waals surface area contributed by atoms with Gasteiger partial charge in [-0.3, -0.25) is 14.4 Å². The van der Waals surface area contributed by atoms with E-state index in [0.29, 0.717) is 31.8 Å². The Hall–Kier alpha value is -1.59. The van der Waals surface area contributed by atoms with Crippen molar-refractivity contribution in [2.45, 2.75) is 38.1 Å². The first-order valence-corrected chi connectivity index (χ1v) is 6.38. The highest BCUT2D eigenvalue weighted by molar-refractivity contribution is 5.89. The normalized spacial score (nSPS) is 25.3. The zero-order chi connectivity index (χ0) is 13.1. The summed E-state index contributed by atoms with van der Waals surface area (Å²) < 4.78 is 0. The minimum Gasteiger partial charge on any atom is -0.481 e. The predicted molar refractivity (Wildman–Crippen MR) is 62.6 cm³/mol. The third-order valence-corrected chi connectivity index (χ3v) is 3.27. The second-order valence-corrected chi connectivity index (χ2v) is 5.02. The Morgan fingerprint density at radius 3 is 2.44 bits per heavy atom. The van der Waals surface area contributed by atoms with Gasteiger partial charge in [-0.15, -0.1) is 0 Å². The van der Waals surface area contributed by atoms with Crippen molar-refractivity contribution < 1.29 is 19.5 Å². The fourth-order valence-electron chi connectivity index (χ4n) is 1.88. The largest absolute Gasteiger partial charge is 0.481 e. The van der Waals surface area contributed by atoms with Crippen LogP contribution in [-0.2, 0) is 14.4 Å². The molecular formula is C12H18N2O4. The van der Waals surface area contributed by atoms with Crippen LogP contribution in [0.5, 0.6) is 0 Å². The van der Waals surface area contributed by atoms with Crippen LogP contribution < -0.4 is 10.6 Å². The molecule has 0 heterocycles. The zero-order valence-electron chi connectivity index (χ0n) is 10.1. The van der Waals surface area contributed by atoms with Crippen LogP contribution >= 0.6 is 0 Å². The van der Waals surface area contributed by atoms with E-state index in [4.69, 9.17) is 5.11 Å². The molecule has 0 aromatic rings. The Labute approximate surface area is 105 Å². The molecule has 6 nitrogen and oxygen atoms in total. The number of amides is 2. The molecule has 0 saturated heterocycles. The summed E-state index contributed by atoms with van der Waals surface area (Å²) in [6, 6.07) is 0.370. The Balaban J connectivity index is 1.51. The topological polar surface area (TPSA) is 95.5 Å². The van der Waals surface area contributed by atoms with Gasteiger partial charge in [-0.1, -0.05) is 0 Å². The molecule has 0 bridgehead atoms. The van der Waals surface area contributed by atoms with Gasteiger partial charge in [0, 0.05) is 19.0 Å². The molecule has 0 aromatic carbocycles. The standard InChI is InChI=1S/C12H18N2O4/c15-10(14-7-3-4-7)2-1-5-13-11(16)8-6-9(8)12(17)18/h7-9H,1-6H2,(H,13,16)(H,14,15)(H,17,18)/t8-,9+/m1/s1. The van der Waals surface area contributed by atoms with Gasteiger partial charge in [0.1, 0.15) is 0 Å². The Morgan fingerprint density at radius 2 is 1.89 bits per heavy atom. The first-order valence-electron chi connectivity index (χ1n) is 6.38. The van der Waals surface area contributed by atoms with Gasteiger partial charge in [-0.2, -0.15) is 0 Å². The van der Waals surface area contributed by atoms with E-state index in [-0.39, 0.29) is 17.7 Å². The third-order valence-electron chi connectivity index (χ3n) is 3.27. The number of nitrogens with one attached hydrogen (secondary N) is 2. The van der Waals surface area contributed by atoms with Crippen molar-refractivity contribution in [3.05, 3.63) is 0 Å². The second-order valence-electron chi connectivity index (χ2n) is 5.02. The van der Waals surface area contributed by atoms with Crippen molar-refractivity contribution in [1.29, 1.82) is 0 Å².